The first-order valence-electron chi connectivity index (χ1n) is 7.85. The summed E-state index contributed by atoms with van der Waals surface area (Å²) in [5.74, 6) is 2.18. The normalized spacial score (nSPS) is 11.0. The van der Waals surface area contributed by atoms with Crippen LogP contribution in [0.25, 0.3) is 0 Å². The van der Waals surface area contributed by atoms with E-state index in [2.05, 4.69) is 27.5 Å². The summed E-state index contributed by atoms with van der Waals surface area (Å²) in [4.78, 5) is 8.37. The molecule has 0 saturated carbocycles. The van der Waals surface area contributed by atoms with E-state index in [0.29, 0.717) is 31.5 Å². The molecule has 2 aromatic rings. The molecule has 0 fully saturated rings. The molecule has 2 N–H and O–H groups in total. The molecule has 0 unspecified atom stereocenters. The number of nitrogens with one attached hydrogen (secondary N) is 2. The first-order valence-corrected chi connectivity index (χ1v) is 7.85. The standard InChI is InChI=1S/C18H24N4O2/c1-14-6-8-16(9-7-14)24-12-11-21-18(19-2)22-13-15-5-4-10-20-17(15)23-3/h4-10H,11-13H2,1-3H3,(H2,19,21,22). The van der Waals surface area contributed by atoms with Crippen molar-refractivity contribution in [3.05, 3.63) is 53.7 Å². The third-order valence-corrected chi connectivity index (χ3v) is 3.40. The van der Waals surface area contributed by atoms with Crippen LogP contribution >= 0.6 is 0 Å². The van der Waals surface area contributed by atoms with Crippen LogP contribution in [0.4, 0.5) is 0 Å². The van der Waals surface area contributed by atoms with Gasteiger partial charge in [-0.3, -0.25) is 4.99 Å². The van der Waals surface area contributed by atoms with E-state index in [1.807, 2.05) is 36.4 Å². The summed E-state index contributed by atoms with van der Waals surface area (Å²) in [6.07, 6.45) is 1.71. The Kier molecular flexibility index (Phi) is 6.89. The van der Waals surface area contributed by atoms with Crippen LogP contribution in [0, 0.1) is 6.92 Å². The molecular formula is C18H24N4O2. The number of nitrogens with zero attached hydrogens (tertiary/aromatic N) is 2. The molecule has 0 spiro atoms. The molecule has 1 aromatic carbocycles. The van der Waals surface area contributed by atoms with Crippen LogP contribution in [0.1, 0.15) is 11.1 Å². The van der Waals surface area contributed by atoms with E-state index >= 15 is 0 Å². The summed E-state index contributed by atoms with van der Waals surface area (Å²) in [5.41, 5.74) is 2.19. The van der Waals surface area contributed by atoms with Crippen LogP contribution in [0.5, 0.6) is 11.6 Å². The quantitative estimate of drug-likeness (QED) is 0.463. The number of rotatable bonds is 7. The first kappa shape index (κ1) is 17.6. The molecule has 0 amide bonds. The lowest BCUT2D eigenvalue weighted by Crippen LogP contribution is -2.38. The predicted octanol–water partition coefficient (Wildman–Crippen LogP) is 2.14. The van der Waals surface area contributed by atoms with E-state index in [0.717, 1.165) is 11.3 Å². The number of guanidine groups is 1. The summed E-state index contributed by atoms with van der Waals surface area (Å²) in [7, 11) is 3.35. The molecule has 2 rings (SSSR count). The molecule has 24 heavy (non-hydrogen) atoms. The molecule has 0 bridgehead atoms. The van der Waals surface area contributed by atoms with Gasteiger partial charge < -0.3 is 20.1 Å². The average Bonchev–Trinajstić information content (AvgIpc) is 2.63. The molecular weight excluding hydrogens is 304 g/mol. The number of aliphatic imine (C=N–C) groups is 1. The van der Waals surface area contributed by atoms with Gasteiger partial charge in [-0.2, -0.15) is 0 Å². The minimum atomic E-state index is 0.556. The molecule has 0 saturated heterocycles. The van der Waals surface area contributed by atoms with Gasteiger partial charge >= 0.3 is 0 Å². The highest BCUT2D eigenvalue weighted by Crippen LogP contribution is 2.12. The van der Waals surface area contributed by atoms with Gasteiger partial charge in [-0.15, -0.1) is 0 Å². The SMILES string of the molecule is CN=C(NCCOc1ccc(C)cc1)NCc1cccnc1OC. The minimum absolute atomic E-state index is 0.556. The molecule has 0 radical (unpaired) electrons. The number of ether oxygens (including phenoxy) is 2. The minimum Gasteiger partial charge on any atom is -0.492 e. The zero-order valence-electron chi connectivity index (χ0n) is 14.4. The third kappa shape index (κ3) is 5.46. The Labute approximate surface area is 142 Å². The predicted molar refractivity (Wildman–Crippen MR) is 95.7 cm³/mol. The summed E-state index contributed by atoms with van der Waals surface area (Å²) in [6.45, 7) is 3.84. The smallest absolute Gasteiger partial charge is 0.218 e. The summed E-state index contributed by atoms with van der Waals surface area (Å²) in [5, 5.41) is 6.44. The molecule has 0 aliphatic heterocycles. The number of aromatic nitrogens is 1. The van der Waals surface area contributed by atoms with Crippen molar-refractivity contribution in [1.82, 2.24) is 15.6 Å². The zero-order chi connectivity index (χ0) is 17.2. The molecule has 0 aliphatic rings. The van der Waals surface area contributed by atoms with Crippen molar-refractivity contribution in [1.29, 1.82) is 0 Å². The van der Waals surface area contributed by atoms with E-state index in [-0.39, 0.29) is 0 Å². The summed E-state index contributed by atoms with van der Waals surface area (Å²) in [6, 6.07) is 11.8. The summed E-state index contributed by atoms with van der Waals surface area (Å²) < 4.78 is 10.9. The van der Waals surface area contributed by atoms with E-state index in [1.165, 1.54) is 5.56 Å². The van der Waals surface area contributed by atoms with Crippen LogP contribution in [-0.2, 0) is 6.54 Å². The average molecular weight is 328 g/mol. The van der Waals surface area contributed by atoms with E-state index in [9.17, 15) is 0 Å². The Bertz CT molecular complexity index is 656. The topological polar surface area (TPSA) is 67.8 Å². The summed E-state index contributed by atoms with van der Waals surface area (Å²) >= 11 is 0. The molecule has 6 heteroatoms. The Balaban J connectivity index is 1.73. The molecule has 0 aliphatic carbocycles. The van der Waals surface area contributed by atoms with Crippen LogP contribution in [0.15, 0.2) is 47.6 Å². The maximum absolute atomic E-state index is 5.68. The number of methoxy groups -OCH3 is 1. The van der Waals surface area contributed by atoms with Crippen molar-refractivity contribution >= 4 is 5.96 Å². The van der Waals surface area contributed by atoms with Crippen LogP contribution in [0.3, 0.4) is 0 Å². The number of pyridine rings is 1. The zero-order valence-corrected chi connectivity index (χ0v) is 14.4. The lowest BCUT2D eigenvalue weighted by Gasteiger charge is -2.13. The van der Waals surface area contributed by atoms with Gasteiger partial charge in [0.25, 0.3) is 0 Å². The van der Waals surface area contributed by atoms with Crippen molar-refractivity contribution in [2.24, 2.45) is 4.99 Å². The van der Waals surface area contributed by atoms with Crippen LogP contribution in [-0.4, -0.2) is 38.3 Å². The Hall–Kier alpha value is -2.76. The second-order valence-corrected chi connectivity index (χ2v) is 5.19. The van der Waals surface area contributed by atoms with Gasteiger partial charge in [0.05, 0.1) is 13.7 Å². The van der Waals surface area contributed by atoms with Crippen molar-refractivity contribution < 1.29 is 9.47 Å². The van der Waals surface area contributed by atoms with Crippen LogP contribution < -0.4 is 20.1 Å². The highest BCUT2D eigenvalue weighted by atomic mass is 16.5. The lowest BCUT2D eigenvalue weighted by molar-refractivity contribution is 0.322. The number of benzene rings is 1. The fourth-order valence-corrected chi connectivity index (χ4v) is 2.11. The van der Waals surface area contributed by atoms with Gasteiger partial charge in [0, 0.05) is 25.4 Å². The van der Waals surface area contributed by atoms with E-state index in [1.54, 1.807) is 20.4 Å². The maximum atomic E-state index is 5.68. The van der Waals surface area contributed by atoms with Gasteiger partial charge in [-0.05, 0) is 25.1 Å². The van der Waals surface area contributed by atoms with Gasteiger partial charge in [-0.1, -0.05) is 23.8 Å². The Morgan fingerprint density at radius 3 is 2.67 bits per heavy atom. The van der Waals surface area contributed by atoms with Crippen molar-refractivity contribution in [2.45, 2.75) is 13.5 Å². The lowest BCUT2D eigenvalue weighted by atomic mass is 10.2. The molecule has 1 aromatic heterocycles. The van der Waals surface area contributed by atoms with E-state index in [4.69, 9.17) is 9.47 Å². The van der Waals surface area contributed by atoms with Crippen LogP contribution in [0.2, 0.25) is 0 Å². The Morgan fingerprint density at radius 1 is 1.17 bits per heavy atom. The second kappa shape index (κ2) is 9.39. The molecule has 6 nitrogen and oxygen atoms in total. The number of hydrogen-bond acceptors (Lipinski definition) is 4. The Morgan fingerprint density at radius 2 is 1.96 bits per heavy atom. The fourth-order valence-electron chi connectivity index (χ4n) is 2.11. The maximum Gasteiger partial charge on any atom is 0.218 e. The first-order chi connectivity index (χ1) is 11.7. The van der Waals surface area contributed by atoms with Gasteiger partial charge in [-0.25, -0.2) is 4.98 Å². The highest BCUT2D eigenvalue weighted by molar-refractivity contribution is 5.79. The van der Waals surface area contributed by atoms with Gasteiger partial charge in [0.1, 0.15) is 12.4 Å². The highest BCUT2D eigenvalue weighted by Gasteiger charge is 2.04. The monoisotopic (exact) mass is 328 g/mol. The molecule has 1 heterocycles. The second-order valence-electron chi connectivity index (χ2n) is 5.19. The number of aryl methyl sites for hydroxylation is 1. The third-order valence-electron chi connectivity index (χ3n) is 3.40. The largest absolute Gasteiger partial charge is 0.492 e. The molecule has 128 valence electrons. The van der Waals surface area contributed by atoms with Crippen molar-refractivity contribution in [3.63, 3.8) is 0 Å². The van der Waals surface area contributed by atoms with E-state index < -0.39 is 0 Å². The van der Waals surface area contributed by atoms with Gasteiger partial charge in [0.2, 0.25) is 5.88 Å². The van der Waals surface area contributed by atoms with Crippen molar-refractivity contribution in [2.75, 3.05) is 27.3 Å². The number of hydrogen-bond donors (Lipinski definition) is 2. The van der Waals surface area contributed by atoms with Crippen molar-refractivity contribution in [3.8, 4) is 11.6 Å². The van der Waals surface area contributed by atoms with Gasteiger partial charge in [0.15, 0.2) is 5.96 Å². The molecule has 0 atom stereocenters. The fraction of sp³-hybridized carbons (Fsp3) is 0.333.